The minimum Gasteiger partial charge on any atom is -0.390 e. The first-order valence-electron chi connectivity index (χ1n) is 5.08. The lowest BCUT2D eigenvalue weighted by molar-refractivity contribution is 0.180. The molecule has 0 aliphatic carbocycles. The smallest absolute Gasteiger partial charge is 0.244 e. The number of methoxy groups -OCH3 is 1. The Balaban J connectivity index is 3.00. The molecule has 7 nitrogen and oxygen atoms in total. The molecule has 3 N–H and O–H groups in total. The van der Waals surface area contributed by atoms with Crippen LogP contribution in [-0.2, 0) is 21.4 Å². The Morgan fingerprint density at radius 2 is 2.24 bits per heavy atom. The Morgan fingerprint density at radius 1 is 1.59 bits per heavy atom. The Labute approximate surface area is 100 Å². The molecule has 0 aliphatic rings. The van der Waals surface area contributed by atoms with Crippen LogP contribution in [0.5, 0.6) is 0 Å². The first-order chi connectivity index (χ1) is 7.92. The second-order valence-electron chi connectivity index (χ2n) is 3.76. The SMILES string of the molecule is COCC(C)NS(=O)(=O)c1c(CO)n[nH]c1C. The van der Waals surface area contributed by atoms with Crippen molar-refractivity contribution in [2.45, 2.75) is 31.4 Å². The molecule has 0 radical (unpaired) electrons. The topological polar surface area (TPSA) is 104 Å². The van der Waals surface area contributed by atoms with E-state index < -0.39 is 16.6 Å². The summed E-state index contributed by atoms with van der Waals surface area (Å²) in [4.78, 5) is 0.00273. The first kappa shape index (κ1) is 14.1. The number of aromatic amines is 1. The summed E-state index contributed by atoms with van der Waals surface area (Å²) in [5.74, 6) is 0. The second kappa shape index (κ2) is 5.58. The number of aryl methyl sites for hydroxylation is 1. The van der Waals surface area contributed by atoms with Gasteiger partial charge in [0, 0.05) is 13.2 Å². The lowest BCUT2D eigenvalue weighted by Gasteiger charge is -2.13. The van der Waals surface area contributed by atoms with E-state index in [9.17, 15) is 8.42 Å². The van der Waals surface area contributed by atoms with Crippen molar-refractivity contribution >= 4 is 10.0 Å². The monoisotopic (exact) mass is 263 g/mol. The summed E-state index contributed by atoms with van der Waals surface area (Å²) < 4.78 is 31.4. The van der Waals surface area contributed by atoms with Gasteiger partial charge < -0.3 is 9.84 Å². The van der Waals surface area contributed by atoms with Gasteiger partial charge in [-0.2, -0.15) is 5.10 Å². The number of rotatable bonds is 6. The zero-order chi connectivity index (χ0) is 13.1. The van der Waals surface area contributed by atoms with Crippen molar-refractivity contribution in [1.29, 1.82) is 0 Å². The number of aliphatic hydroxyl groups excluding tert-OH is 1. The molecular weight excluding hydrogens is 246 g/mol. The van der Waals surface area contributed by atoms with Gasteiger partial charge in [0.05, 0.1) is 18.9 Å². The highest BCUT2D eigenvalue weighted by Gasteiger charge is 2.25. The van der Waals surface area contributed by atoms with Crippen LogP contribution in [0.4, 0.5) is 0 Å². The Kier molecular flexibility index (Phi) is 4.63. The highest BCUT2D eigenvalue weighted by Crippen LogP contribution is 2.17. The van der Waals surface area contributed by atoms with E-state index in [1.807, 2.05) is 0 Å². The number of aliphatic hydroxyl groups is 1. The van der Waals surface area contributed by atoms with Gasteiger partial charge in [-0.3, -0.25) is 5.10 Å². The van der Waals surface area contributed by atoms with Crippen molar-refractivity contribution in [1.82, 2.24) is 14.9 Å². The van der Waals surface area contributed by atoms with Crippen molar-refractivity contribution in [3.63, 3.8) is 0 Å². The molecule has 0 aromatic carbocycles. The third-order valence-electron chi connectivity index (χ3n) is 2.15. The fourth-order valence-electron chi connectivity index (χ4n) is 1.54. The van der Waals surface area contributed by atoms with Gasteiger partial charge in [-0.25, -0.2) is 13.1 Å². The van der Waals surface area contributed by atoms with E-state index >= 15 is 0 Å². The summed E-state index contributed by atoms with van der Waals surface area (Å²) in [6, 6.07) is -0.356. The van der Waals surface area contributed by atoms with E-state index in [2.05, 4.69) is 14.9 Å². The molecule has 0 amide bonds. The summed E-state index contributed by atoms with van der Waals surface area (Å²) in [5.41, 5.74) is 0.505. The van der Waals surface area contributed by atoms with Crippen LogP contribution in [0.25, 0.3) is 0 Å². The summed E-state index contributed by atoms with van der Waals surface area (Å²) in [6.07, 6.45) is 0. The summed E-state index contributed by atoms with van der Waals surface area (Å²) >= 11 is 0. The molecule has 0 fully saturated rings. The summed E-state index contributed by atoms with van der Waals surface area (Å²) in [5, 5.41) is 15.3. The fourth-order valence-corrected chi connectivity index (χ4v) is 3.13. The van der Waals surface area contributed by atoms with Crippen molar-refractivity contribution in [3.05, 3.63) is 11.4 Å². The molecule has 1 rings (SSSR count). The van der Waals surface area contributed by atoms with Gasteiger partial charge >= 0.3 is 0 Å². The van der Waals surface area contributed by atoms with E-state index in [0.717, 1.165) is 0 Å². The average molecular weight is 263 g/mol. The molecule has 1 unspecified atom stereocenters. The van der Waals surface area contributed by atoms with Gasteiger partial charge in [-0.15, -0.1) is 0 Å². The molecule has 0 saturated carbocycles. The summed E-state index contributed by atoms with van der Waals surface area (Å²) in [7, 11) is -2.20. The standard InChI is InChI=1S/C9H17N3O4S/c1-6(5-16-3)12-17(14,15)9-7(2)10-11-8(9)4-13/h6,12-13H,4-5H2,1-3H3,(H,10,11). The minimum absolute atomic E-state index is 0.00273. The van der Waals surface area contributed by atoms with Crippen LogP contribution in [0.3, 0.4) is 0 Å². The van der Waals surface area contributed by atoms with Crippen LogP contribution in [0.15, 0.2) is 4.90 Å². The number of nitrogens with zero attached hydrogens (tertiary/aromatic N) is 1. The Bertz CT molecular complexity index is 469. The normalized spacial score (nSPS) is 13.9. The maximum atomic E-state index is 12.0. The van der Waals surface area contributed by atoms with Crippen molar-refractivity contribution < 1.29 is 18.3 Å². The average Bonchev–Trinajstić information content (AvgIpc) is 2.59. The molecule has 0 spiro atoms. The first-order valence-corrected chi connectivity index (χ1v) is 6.56. The van der Waals surface area contributed by atoms with Gasteiger partial charge in [0.25, 0.3) is 0 Å². The molecule has 0 saturated heterocycles. The number of nitrogens with one attached hydrogen (secondary N) is 2. The molecule has 17 heavy (non-hydrogen) atoms. The quantitative estimate of drug-likeness (QED) is 0.643. The molecule has 1 aromatic rings. The van der Waals surface area contributed by atoms with Crippen LogP contribution in [0.2, 0.25) is 0 Å². The van der Waals surface area contributed by atoms with Crippen LogP contribution >= 0.6 is 0 Å². The Hall–Kier alpha value is -0.960. The number of H-pyrrole nitrogens is 1. The maximum absolute atomic E-state index is 12.0. The second-order valence-corrected chi connectivity index (χ2v) is 5.41. The molecule has 0 bridgehead atoms. The molecule has 1 heterocycles. The van der Waals surface area contributed by atoms with Crippen molar-refractivity contribution in [2.75, 3.05) is 13.7 Å². The van der Waals surface area contributed by atoms with Crippen LogP contribution in [-0.4, -0.2) is 43.5 Å². The largest absolute Gasteiger partial charge is 0.390 e. The van der Waals surface area contributed by atoms with E-state index in [0.29, 0.717) is 5.69 Å². The van der Waals surface area contributed by atoms with Crippen LogP contribution < -0.4 is 4.72 Å². The minimum atomic E-state index is -3.70. The summed E-state index contributed by atoms with van der Waals surface area (Å²) in [6.45, 7) is 3.11. The molecule has 8 heteroatoms. The van der Waals surface area contributed by atoms with Gasteiger partial charge in [0.1, 0.15) is 10.6 Å². The van der Waals surface area contributed by atoms with E-state index in [-0.39, 0.29) is 23.2 Å². The van der Waals surface area contributed by atoms with E-state index in [4.69, 9.17) is 9.84 Å². The highest BCUT2D eigenvalue weighted by molar-refractivity contribution is 7.89. The number of ether oxygens (including phenoxy) is 1. The number of sulfonamides is 1. The number of hydrogen-bond acceptors (Lipinski definition) is 5. The molecule has 1 atom stereocenters. The van der Waals surface area contributed by atoms with Gasteiger partial charge in [-0.05, 0) is 13.8 Å². The lowest BCUT2D eigenvalue weighted by Crippen LogP contribution is -2.36. The van der Waals surface area contributed by atoms with Crippen molar-refractivity contribution in [2.24, 2.45) is 0 Å². The van der Waals surface area contributed by atoms with E-state index in [1.165, 1.54) is 7.11 Å². The number of hydrogen-bond donors (Lipinski definition) is 3. The lowest BCUT2D eigenvalue weighted by atomic mass is 10.4. The zero-order valence-corrected chi connectivity index (χ0v) is 10.8. The molecule has 0 aliphatic heterocycles. The molecular formula is C9H17N3O4S. The van der Waals surface area contributed by atoms with Gasteiger partial charge in [0.15, 0.2) is 0 Å². The number of aromatic nitrogens is 2. The third-order valence-corrected chi connectivity index (χ3v) is 3.94. The van der Waals surface area contributed by atoms with Crippen LogP contribution in [0.1, 0.15) is 18.3 Å². The van der Waals surface area contributed by atoms with Gasteiger partial charge in [0.2, 0.25) is 10.0 Å². The molecule has 98 valence electrons. The fraction of sp³-hybridized carbons (Fsp3) is 0.667. The zero-order valence-electron chi connectivity index (χ0n) is 10.0. The maximum Gasteiger partial charge on any atom is 0.244 e. The molecule has 1 aromatic heterocycles. The van der Waals surface area contributed by atoms with Gasteiger partial charge in [-0.1, -0.05) is 0 Å². The van der Waals surface area contributed by atoms with E-state index in [1.54, 1.807) is 13.8 Å². The van der Waals surface area contributed by atoms with Crippen LogP contribution in [0, 0.1) is 6.92 Å². The van der Waals surface area contributed by atoms with Crippen molar-refractivity contribution in [3.8, 4) is 0 Å². The highest BCUT2D eigenvalue weighted by atomic mass is 32.2. The predicted octanol–water partition coefficient (Wildman–Crippen LogP) is -0.476. The third kappa shape index (κ3) is 3.25. The Morgan fingerprint density at radius 3 is 2.76 bits per heavy atom. The predicted molar refractivity (Wildman–Crippen MR) is 60.9 cm³/mol.